The van der Waals surface area contributed by atoms with E-state index >= 15 is 0 Å². The molecular weight excluding hydrogens is 292 g/mol. The van der Waals surface area contributed by atoms with Crippen molar-refractivity contribution in [2.75, 3.05) is 0 Å². The first-order valence-corrected chi connectivity index (χ1v) is 8.79. The molecule has 126 valence electrons. The summed E-state index contributed by atoms with van der Waals surface area (Å²) in [6, 6.07) is 0. The maximum absolute atomic E-state index is 12.9. The first kappa shape index (κ1) is 16.5. The zero-order valence-corrected chi connectivity index (χ0v) is 14.3. The minimum Gasteiger partial charge on any atom is -0.300 e. The van der Waals surface area contributed by atoms with Gasteiger partial charge in [0, 0.05) is 42.4 Å². The quantitative estimate of drug-likeness (QED) is 0.802. The van der Waals surface area contributed by atoms with Gasteiger partial charge in [0.15, 0.2) is 0 Å². The standard InChI is InChI=1S/C19H26O4/c1-11(20)8-9-18(2)15(22)6-4-12-13-5-7-16(23)19(13,3)10-14(21)17(12)18/h12-13,17H,4-10H2,1-3H3/t12-,13-,17+,18-,19-/m0/s1. The SMILES string of the molecule is CC(=O)CC[C@@]1(C)C(=O)CC[C@@H]2[C@@H]1C(=O)C[C@]1(C)C(=O)CC[C@@H]21. The van der Waals surface area contributed by atoms with Crippen molar-refractivity contribution in [3.05, 3.63) is 0 Å². The van der Waals surface area contributed by atoms with Gasteiger partial charge in [0.25, 0.3) is 0 Å². The lowest BCUT2D eigenvalue weighted by Crippen LogP contribution is -2.56. The Morgan fingerprint density at radius 3 is 2.39 bits per heavy atom. The zero-order valence-electron chi connectivity index (χ0n) is 14.3. The first-order valence-electron chi connectivity index (χ1n) is 8.79. The zero-order chi connectivity index (χ0) is 17.0. The second-order valence-corrected chi connectivity index (χ2v) is 8.35. The average Bonchev–Trinajstić information content (AvgIpc) is 2.76. The lowest BCUT2D eigenvalue weighted by Gasteiger charge is -2.52. The molecule has 4 nitrogen and oxygen atoms in total. The molecule has 3 fully saturated rings. The molecule has 5 atom stereocenters. The molecule has 0 saturated heterocycles. The van der Waals surface area contributed by atoms with E-state index in [9.17, 15) is 19.2 Å². The van der Waals surface area contributed by atoms with E-state index in [4.69, 9.17) is 0 Å². The van der Waals surface area contributed by atoms with Crippen molar-refractivity contribution in [3.8, 4) is 0 Å². The third-order valence-electron chi connectivity index (χ3n) is 7.00. The number of carbonyl (C=O) groups excluding carboxylic acids is 4. The first-order chi connectivity index (χ1) is 10.7. The summed E-state index contributed by atoms with van der Waals surface area (Å²) in [6.07, 6.45) is 3.70. The van der Waals surface area contributed by atoms with Crippen LogP contribution in [0.1, 0.15) is 65.7 Å². The van der Waals surface area contributed by atoms with Crippen molar-refractivity contribution >= 4 is 23.1 Å². The molecule has 3 saturated carbocycles. The van der Waals surface area contributed by atoms with Crippen molar-refractivity contribution in [2.45, 2.75) is 65.7 Å². The molecule has 23 heavy (non-hydrogen) atoms. The molecule has 0 bridgehead atoms. The van der Waals surface area contributed by atoms with E-state index in [1.165, 1.54) is 6.92 Å². The highest BCUT2D eigenvalue weighted by Crippen LogP contribution is 2.60. The van der Waals surface area contributed by atoms with Crippen LogP contribution in [0.5, 0.6) is 0 Å². The van der Waals surface area contributed by atoms with E-state index < -0.39 is 10.8 Å². The average molecular weight is 318 g/mol. The van der Waals surface area contributed by atoms with Gasteiger partial charge in [0.2, 0.25) is 0 Å². The largest absolute Gasteiger partial charge is 0.300 e. The van der Waals surface area contributed by atoms with Gasteiger partial charge in [-0.25, -0.2) is 0 Å². The molecule has 3 rings (SSSR count). The molecule has 0 heterocycles. The highest BCUT2D eigenvalue weighted by molar-refractivity contribution is 5.99. The van der Waals surface area contributed by atoms with Gasteiger partial charge >= 0.3 is 0 Å². The number of rotatable bonds is 3. The molecule has 3 aliphatic carbocycles. The lowest BCUT2D eigenvalue weighted by molar-refractivity contribution is -0.160. The smallest absolute Gasteiger partial charge is 0.139 e. The normalized spacial score (nSPS) is 43.3. The Hall–Kier alpha value is -1.32. The Morgan fingerprint density at radius 1 is 1.09 bits per heavy atom. The molecule has 0 aromatic rings. The summed E-state index contributed by atoms with van der Waals surface area (Å²) < 4.78 is 0. The number of fused-ring (bicyclic) bond motifs is 3. The monoisotopic (exact) mass is 318 g/mol. The van der Waals surface area contributed by atoms with Gasteiger partial charge in [-0.05, 0) is 38.0 Å². The molecule has 0 unspecified atom stereocenters. The van der Waals surface area contributed by atoms with E-state index in [0.29, 0.717) is 25.7 Å². The fraction of sp³-hybridized carbons (Fsp3) is 0.789. The number of carbonyl (C=O) groups is 4. The van der Waals surface area contributed by atoms with Crippen LogP contribution in [-0.2, 0) is 19.2 Å². The second kappa shape index (κ2) is 5.35. The molecule has 3 aliphatic rings. The van der Waals surface area contributed by atoms with Crippen LogP contribution < -0.4 is 0 Å². The Morgan fingerprint density at radius 2 is 1.74 bits per heavy atom. The van der Waals surface area contributed by atoms with Crippen molar-refractivity contribution < 1.29 is 19.2 Å². The molecule has 0 aromatic carbocycles. The predicted octanol–water partition coefficient (Wildman–Crippen LogP) is 2.92. The van der Waals surface area contributed by atoms with Gasteiger partial charge in [0.1, 0.15) is 23.1 Å². The Labute approximate surface area is 137 Å². The second-order valence-electron chi connectivity index (χ2n) is 8.35. The van der Waals surface area contributed by atoms with Crippen LogP contribution in [0.15, 0.2) is 0 Å². The fourth-order valence-electron chi connectivity index (χ4n) is 5.64. The molecule has 0 N–H and O–H groups in total. The van der Waals surface area contributed by atoms with Crippen molar-refractivity contribution in [1.29, 1.82) is 0 Å². The highest BCUT2D eigenvalue weighted by Gasteiger charge is 2.62. The van der Waals surface area contributed by atoms with Crippen LogP contribution in [0.3, 0.4) is 0 Å². The highest BCUT2D eigenvalue weighted by atomic mass is 16.1. The maximum atomic E-state index is 12.9. The van der Waals surface area contributed by atoms with Gasteiger partial charge in [-0.3, -0.25) is 14.4 Å². The summed E-state index contributed by atoms with van der Waals surface area (Å²) in [6.45, 7) is 5.36. The van der Waals surface area contributed by atoms with E-state index in [-0.39, 0.29) is 47.3 Å². The third kappa shape index (κ3) is 2.33. The Balaban J connectivity index is 1.96. The molecule has 0 amide bonds. The van der Waals surface area contributed by atoms with Crippen molar-refractivity contribution in [2.24, 2.45) is 28.6 Å². The Kier molecular flexibility index (Phi) is 3.85. The van der Waals surface area contributed by atoms with Crippen molar-refractivity contribution in [3.63, 3.8) is 0 Å². The number of hydrogen-bond donors (Lipinski definition) is 0. The van der Waals surface area contributed by atoms with Gasteiger partial charge in [-0.2, -0.15) is 0 Å². The van der Waals surface area contributed by atoms with Crippen LogP contribution >= 0.6 is 0 Å². The van der Waals surface area contributed by atoms with Crippen LogP contribution in [0, 0.1) is 28.6 Å². The predicted molar refractivity (Wildman–Crippen MR) is 84.7 cm³/mol. The number of ketones is 4. The van der Waals surface area contributed by atoms with E-state index in [1.54, 1.807) is 0 Å². The third-order valence-corrected chi connectivity index (χ3v) is 7.00. The number of Topliss-reactive ketones (excluding diaryl/α,β-unsaturated/α-hetero) is 4. The van der Waals surface area contributed by atoms with Gasteiger partial charge in [0.05, 0.1) is 0 Å². The van der Waals surface area contributed by atoms with E-state index in [0.717, 1.165) is 12.8 Å². The van der Waals surface area contributed by atoms with Gasteiger partial charge < -0.3 is 4.79 Å². The van der Waals surface area contributed by atoms with Gasteiger partial charge in [-0.1, -0.05) is 13.8 Å². The summed E-state index contributed by atoms with van der Waals surface area (Å²) in [5.74, 6) is 0.531. The molecule has 0 spiro atoms. The molecule has 0 aliphatic heterocycles. The summed E-state index contributed by atoms with van der Waals surface area (Å²) in [7, 11) is 0. The van der Waals surface area contributed by atoms with E-state index in [1.807, 2.05) is 13.8 Å². The topological polar surface area (TPSA) is 68.3 Å². The summed E-state index contributed by atoms with van der Waals surface area (Å²) >= 11 is 0. The summed E-state index contributed by atoms with van der Waals surface area (Å²) in [5.41, 5.74) is -1.24. The van der Waals surface area contributed by atoms with E-state index in [2.05, 4.69) is 0 Å². The lowest BCUT2D eigenvalue weighted by atomic mass is 9.48. The maximum Gasteiger partial charge on any atom is 0.139 e. The van der Waals surface area contributed by atoms with Crippen LogP contribution in [0.4, 0.5) is 0 Å². The fourth-order valence-corrected chi connectivity index (χ4v) is 5.64. The molecule has 4 heteroatoms. The molecular formula is C19H26O4. The Bertz CT molecular complexity index is 592. The number of hydrogen-bond acceptors (Lipinski definition) is 4. The van der Waals surface area contributed by atoms with Crippen molar-refractivity contribution in [1.82, 2.24) is 0 Å². The minimum absolute atomic E-state index is 0.0605. The van der Waals surface area contributed by atoms with Crippen LogP contribution in [0.2, 0.25) is 0 Å². The van der Waals surface area contributed by atoms with Gasteiger partial charge in [-0.15, -0.1) is 0 Å². The van der Waals surface area contributed by atoms with Crippen LogP contribution in [0.25, 0.3) is 0 Å². The summed E-state index contributed by atoms with van der Waals surface area (Å²) in [4.78, 5) is 49.3. The minimum atomic E-state index is -0.724. The molecule has 0 radical (unpaired) electrons. The summed E-state index contributed by atoms with van der Waals surface area (Å²) in [5, 5.41) is 0. The van der Waals surface area contributed by atoms with Crippen LogP contribution in [-0.4, -0.2) is 23.1 Å². The molecule has 0 aromatic heterocycles.